The number of aromatic nitrogens is 6. The molecule has 2 aliphatic heterocycles. The van der Waals surface area contributed by atoms with Gasteiger partial charge < -0.3 is 28.6 Å². The molecule has 3 atom stereocenters. The third kappa shape index (κ3) is 6.95. The Bertz CT molecular complexity index is 1980. The quantitative estimate of drug-likeness (QED) is 0.169. The maximum atomic E-state index is 15.3. The van der Waals surface area contributed by atoms with Crippen molar-refractivity contribution >= 4 is 34.7 Å². The number of nitrogens with zero attached hydrogens (tertiary/aromatic N) is 8. The van der Waals surface area contributed by atoms with Gasteiger partial charge in [-0.1, -0.05) is 36.2 Å². The van der Waals surface area contributed by atoms with Gasteiger partial charge in [0.15, 0.2) is 0 Å². The lowest BCUT2D eigenvalue weighted by Gasteiger charge is -2.36. The minimum absolute atomic E-state index is 0.0363. The van der Waals surface area contributed by atoms with Crippen LogP contribution in [0, 0.1) is 5.82 Å². The van der Waals surface area contributed by atoms with Crippen molar-refractivity contribution in [3.05, 3.63) is 112 Å². The van der Waals surface area contributed by atoms with Crippen LogP contribution in [-0.2, 0) is 21.8 Å². The summed E-state index contributed by atoms with van der Waals surface area (Å²) in [5, 5.41) is 5.17. The molecule has 2 saturated heterocycles. The average Bonchev–Trinajstić information content (AvgIpc) is 3.88. The molecular weight excluding hydrogens is 686 g/mol. The van der Waals surface area contributed by atoms with Crippen molar-refractivity contribution in [1.82, 2.24) is 28.9 Å². The lowest BCUT2D eigenvalue weighted by atomic mass is 10.1. The average molecular weight is 724 g/mol. The van der Waals surface area contributed by atoms with Gasteiger partial charge in [0, 0.05) is 55.2 Å². The van der Waals surface area contributed by atoms with E-state index in [4.69, 9.17) is 37.4 Å². The van der Waals surface area contributed by atoms with Gasteiger partial charge in [0.1, 0.15) is 36.4 Å². The molecule has 15 heteroatoms. The third-order valence-corrected chi connectivity index (χ3v) is 9.71. The fourth-order valence-corrected chi connectivity index (χ4v) is 6.81. The molecule has 0 N–H and O–H groups in total. The molecule has 5 aromatic rings. The molecule has 2 aliphatic rings. The molecule has 50 heavy (non-hydrogen) atoms. The molecule has 2 fully saturated rings. The highest BCUT2D eigenvalue weighted by molar-refractivity contribution is 6.35. The van der Waals surface area contributed by atoms with E-state index >= 15 is 4.39 Å². The van der Waals surface area contributed by atoms with Crippen LogP contribution in [0.2, 0.25) is 10.0 Å². The van der Waals surface area contributed by atoms with E-state index in [0.29, 0.717) is 72.1 Å². The highest BCUT2D eigenvalue weighted by Crippen LogP contribution is 2.40. The Morgan fingerprint density at radius 3 is 2.58 bits per heavy atom. The van der Waals surface area contributed by atoms with Gasteiger partial charge in [0.05, 0.1) is 48.1 Å². The summed E-state index contributed by atoms with van der Waals surface area (Å²) < 4.78 is 38.8. The molecule has 1 unspecified atom stereocenters. The molecule has 5 heterocycles. The number of anilines is 2. The summed E-state index contributed by atoms with van der Waals surface area (Å²) >= 11 is 12.7. The van der Waals surface area contributed by atoms with Crippen LogP contribution in [0.15, 0.2) is 84.6 Å². The predicted octanol–water partition coefficient (Wildman–Crippen LogP) is 5.72. The monoisotopic (exact) mass is 722 g/mol. The van der Waals surface area contributed by atoms with Crippen LogP contribution in [0.4, 0.5) is 15.9 Å². The normalized spacial score (nSPS) is 20.0. The molecule has 2 aromatic carbocycles. The van der Waals surface area contributed by atoms with E-state index in [1.807, 2.05) is 47.7 Å². The fraction of sp³-hybridized carbons (Fsp3) is 0.371. The lowest BCUT2D eigenvalue weighted by Crippen LogP contribution is -2.47. The fourth-order valence-electron chi connectivity index (χ4n) is 6.26. The van der Waals surface area contributed by atoms with E-state index < -0.39 is 5.79 Å². The molecule has 0 spiro atoms. The molecule has 7 rings (SSSR count). The zero-order chi connectivity index (χ0) is 34.8. The van der Waals surface area contributed by atoms with Crippen molar-refractivity contribution in [2.75, 3.05) is 49.2 Å². The summed E-state index contributed by atoms with van der Waals surface area (Å²) in [6.07, 6.45) is 8.76. The summed E-state index contributed by atoms with van der Waals surface area (Å²) in [4.78, 5) is 25.7. The summed E-state index contributed by atoms with van der Waals surface area (Å²) in [7, 11) is 0. The minimum atomic E-state index is -1.14. The number of pyridine rings is 1. The van der Waals surface area contributed by atoms with Crippen molar-refractivity contribution in [2.24, 2.45) is 0 Å². The number of rotatable bonds is 11. The van der Waals surface area contributed by atoms with Gasteiger partial charge in [-0.25, -0.2) is 28.4 Å². The number of imidazole rings is 1. The van der Waals surface area contributed by atoms with Crippen LogP contribution in [0.25, 0.3) is 5.69 Å². The Hall–Kier alpha value is -4.43. The van der Waals surface area contributed by atoms with Crippen LogP contribution in [-0.4, -0.2) is 74.4 Å². The lowest BCUT2D eigenvalue weighted by molar-refractivity contribution is -0.189. The van der Waals surface area contributed by atoms with E-state index in [1.54, 1.807) is 43.0 Å². The van der Waals surface area contributed by atoms with E-state index in [9.17, 15) is 4.79 Å². The highest BCUT2D eigenvalue weighted by atomic mass is 35.5. The number of ether oxygens (including phenoxy) is 3. The van der Waals surface area contributed by atoms with Gasteiger partial charge in [-0.05, 0) is 49.7 Å². The Labute approximate surface area is 298 Å². The first-order valence-corrected chi connectivity index (χ1v) is 17.3. The first kappa shape index (κ1) is 34.0. The SMILES string of the molecule is CCC(C)n1ncn(-c2ccc(N3CCN(c4ccc(OC[C@@H]5CO[C@@](Cn6ccnc6)(c6ccc(Cl)cc6Cl)O5)cn4)CC3)c(F)c2)c1=O. The van der Waals surface area contributed by atoms with Crippen molar-refractivity contribution < 1.29 is 18.6 Å². The third-order valence-electron chi connectivity index (χ3n) is 9.16. The maximum absolute atomic E-state index is 15.3. The van der Waals surface area contributed by atoms with Gasteiger partial charge >= 0.3 is 5.69 Å². The topological polar surface area (TPSA) is 105 Å². The van der Waals surface area contributed by atoms with Gasteiger partial charge in [0.2, 0.25) is 5.79 Å². The van der Waals surface area contributed by atoms with Gasteiger partial charge in [-0.2, -0.15) is 5.10 Å². The van der Waals surface area contributed by atoms with Crippen molar-refractivity contribution in [3.8, 4) is 11.4 Å². The van der Waals surface area contributed by atoms with Crippen LogP contribution < -0.4 is 20.2 Å². The largest absolute Gasteiger partial charge is 0.489 e. The zero-order valence-corrected chi connectivity index (χ0v) is 29.2. The van der Waals surface area contributed by atoms with Gasteiger partial charge in [0.25, 0.3) is 0 Å². The summed E-state index contributed by atoms with van der Waals surface area (Å²) in [5.74, 6) is -0.112. The van der Waals surface area contributed by atoms with E-state index in [-0.39, 0.29) is 30.3 Å². The molecule has 0 radical (unpaired) electrons. The summed E-state index contributed by atoms with van der Waals surface area (Å²) in [6, 6.07) is 13.9. The van der Waals surface area contributed by atoms with Crippen LogP contribution in [0.3, 0.4) is 0 Å². The molecule has 0 aliphatic carbocycles. The molecule has 0 saturated carbocycles. The number of benzene rings is 2. The Morgan fingerprint density at radius 1 is 1.06 bits per heavy atom. The van der Waals surface area contributed by atoms with Crippen LogP contribution in [0.1, 0.15) is 31.9 Å². The van der Waals surface area contributed by atoms with Gasteiger partial charge in [-0.15, -0.1) is 0 Å². The van der Waals surface area contributed by atoms with E-state index in [2.05, 4.69) is 20.0 Å². The number of hydrogen-bond donors (Lipinski definition) is 0. The number of halogens is 3. The molecule has 0 amide bonds. The molecule has 3 aromatic heterocycles. The second kappa shape index (κ2) is 14.4. The second-order valence-corrected chi connectivity index (χ2v) is 13.3. The molecule has 262 valence electrons. The van der Waals surface area contributed by atoms with Crippen molar-refractivity contribution in [1.29, 1.82) is 0 Å². The standard InChI is InChI=1S/C35H37Cl2FN8O4/c1-3-24(2)46-34(47)45(23-41-46)26-5-8-32(31(38)17-26)43-12-14-44(15-13-43)33-9-6-27(18-40-33)48-19-28-20-49-35(50-28,21-42-11-10-39-22-42)29-7-4-25(36)16-30(29)37/h4-11,16-18,22-24,28H,3,12-15,19-21H2,1-2H3/t24?,28-,35-/m1/s1. The minimum Gasteiger partial charge on any atom is -0.489 e. The van der Waals surface area contributed by atoms with Crippen molar-refractivity contribution in [2.45, 2.75) is 44.7 Å². The smallest absolute Gasteiger partial charge is 0.350 e. The Kier molecular flexibility index (Phi) is 9.82. The second-order valence-electron chi connectivity index (χ2n) is 12.4. The summed E-state index contributed by atoms with van der Waals surface area (Å²) in [5.41, 5.74) is 1.33. The highest BCUT2D eigenvalue weighted by Gasteiger charge is 2.45. The Morgan fingerprint density at radius 2 is 1.88 bits per heavy atom. The Balaban J connectivity index is 0.939. The van der Waals surface area contributed by atoms with E-state index in [0.717, 1.165) is 12.2 Å². The predicted molar refractivity (Wildman–Crippen MR) is 188 cm³/mol. The van der Waals surface area contributed by atoms with Crippen LogP contribution in [0.5, 0.6) is 5.75 Å². The first-order chi connectivity index (χ1) is 24.2. The number of hydrogen-bond acceptors (Lipinski definition) is 9. The molecular formula is C35H37Cl2FN8O4. The molecule has 12 nitrogen and oxygen atoms in total. The van der Waals surface area contributed by atoms with E-state index in [1.165, 1.54) is 21.6 Å². The van der Waals surface area contributed by atoms with Gasteiger partial charge in [-0.3, -0.25) is 0 Å². The number of piperazine rings is 1. The first-order valence-electron chi connectivity index (χ1n) is 16.5. The van der Waals surface area contributed by atoms with Crippen molar-refractivity contribution in [3.63, 3.8) is 0 Å². The zero-order valence-electron chi connectivity index (χ0n) is 27.7. The maximum Gasteiger partial charge on any atom is 0.350 e. The van der Waals surface area contributed by atoms with Crippen LogP contribution >= 0.6 is 23.2 Å². The molecule has 0 bridgehead atoms. The summed E-state index contributed by atoms with van der Waals surface area (Å²) in [6.45, 7) is 7.35.